The Labute approximate surface area is 165 Å². The number of aliphatic imine (C=N–C) groups is 1. The number of benzene rings is 2. The van der Waals surface area contributed by atoms with Crippen LogP contribution >= 0.6 is 0 Å². The molecule has 0 aromatic heterocycles. The van der Waals surface area contributed by atoms with Crippen LogP contribution < -0.4 is 0 Å². The minimum atomic E-state index is 0.187. The molecule has 27 heavy (non-hydrogen) atoms. The van der Waals surface area contributed by atoms with E-state index in [1.165, 1.54) is 35.2 Å². The van der Waals surface area contributed by atoms with E-state index in [9.17, 15) is 0 Å². The van der Waals surface area contributed by atoms with Crippen molar-refractivity contribution < 1.29 is 0 Å². The van der Waals surface area contributed by atoms with Crippen molar-refractivity contribution in [2.24, 2.45) is 16.8 Å². The Balaban J connectivity index is 1.81. The standard InChI is InChI=1S/C26H35N/c1-18(2)17-20-7-9-21(10-8-20)19(3)25(22-11-12-22)27-24-15-13-23(14-16-24)26(4,5)6/h7-10,13-16,18-19,22H,11-12,17H2,1-6H3. The van der Waals surface area contributed by atoms with Crippen LogP contribution in [-0.4, -0.2) is 5.71 Å². The largest absolute Gasteiger partial charge is 0.257 e. The van der Waals surface area contributed by atoms with Gasteiger partial charge in [0.1, 0.15) is 0 Å². The van der Waals surface area contributed by atoms with E-state index in [2.05, 4.69) is 90.1 Å². The molecule has 0 radical (unpaired) electrons. The summed E-state index contributed by atoms with van der Waals surface area (Å²) in [6.07, 6.45) is 3.72. The van der Waals surface area contributed by atoms with E-state index in [1.807, 2.05) is 0 Å². The molecule has 0 saturated heterocycles. The first-order chi connectivity index (χ1) is 12.7. The summed E-state index contributed by atoms with van der Waals surface area (Å²) in [7, 11) is 0. The Kier molecular flexibility index (Phi) is 5.89. The fourth-order valence-corrected chi connectivity index (χ4v) is 3.69. The van der Waals surface area contributed by atoms with Gasteiger partial charge in [0.2, 0.25) is 0 Å². The average Bonchev–Trinajstić information content (AvgIpc) is 3.44. The molecule has 1 fully saturated rings. The highest BCUT2D eigenvalue weighted by molar-refractivity contribution is 5.96. The van der Waals surface area contributed by atoms with Gasteiger partial charge < -0.3 is 0 Å². The lowest BCUT2D eigenvalue weighted by atomic mass is 9.87. The second-order valence-electron chi connectivity index (χ2n) is 9.67. The topological polar surface area (TPSA) is 12.4 Å². The number of hydrogen-bond acceptors (Lipinski definition) is 1. The molecule has 0 aliphatic heterocycles. The van der Waals surface area contributed by atoms with Crippen LogP contribution in [0.4, 0.5) is 5.69 Å². The highest BCUT2D eigenvalue weighted by Gasteiger charge is 2.31. The second kappa shape index (κ2) is 8.00. The summed E-state index contributed by atoms with van der Waals surface area (Å²) >= 11 is 0. The van der Waals surface area contributed by atoms with Gasteiger partial charge in [0, 0.05) is 11.6 Å². The predicted octanol–water partition coefficient (Wildman–Crippen LogP) is 7.47. The van der Waals surface area contributed by atoms with Crippen molar-refractivity contribution in [2.45, 2.75) is 72.1 Å². The maximum absolute atomic E-state index is 5.11. The number of nitrogens with zero attached hydrogens (tertiary/aromatic N) is 1. The van der Waals surface area contributed by atoms with Crippen molar-refractivity contribution in [2.75, 3.05) is 0 Å². The van der Waals surface area contributed by atoms with Crippen molar-refractivity contribution in [3.8, 4) is 0 Å². The van der Waals surface area contributed by atoms with Crippen LogP contribution in [0.15, 0.2) is 53.5 Å². The lowest BCUT2D eigenvalue weighted by Gasteiger charge is -2.19. The van der Waals surface area contributed by atoms with Crippen LogP contribution in [0, 0.1) is 11.8 Å². The highest BCUT2D eigenvalue weighted by atomic mass is 14.8. The summed E-state index contributed by atoms with van der Waals surface area (Å²) in [4.78, 5) is 5.11. The van der Waals surface area contributed by atoms with E-state index in [-0.39, 0.29) is 5.41 Å². The minimum Gasteiger partial charge on any atom is -0.257 e. The van der Waals surface area contributed by atoms with Crippen molar-refractivity contribution in [1.82, 2.24) is 0 Å². The molecule has 1 unspecified atom stereocenters. The number of hydrogen-bond donors (Lipinski definition) is 0. The van der Waals surface area contributed by atoms with Gasteiger partial charge in [0.25, 0.3) is 0 Å². The third kappa shape index (κ3) is 5.31. The molecule has 0 amide bonds. The van der Waals surface area contributed by atoms with Crippen LogP contribution in [-0.2, 0) is 11.8 Å². The summed E-state index contributed by atoms with van der Waals surface area (Å²) in [5.74, 6) is 1.75. The van der Waals surface area contributed by atoms with Gasteiger partial charge in [0.15, 0.2) is 0 Å². The quantitative estimate of drug-likeness (QED) is 0.473. The van der Waals surface area contributed by atoms with Crippen LogP contribution in [0.1, 0.15) is 77.0 Å². The van der Waals surface area contributed by atoms with Gasteiger partial charge in [-0.25, -0.2) is 0 Å². The zero-order valence-corrected chi connectivity index (χ0v) is 17.9. The van der Waals surface area contributed by atoms with Gasteiger partial charge in [-0.2, -0.15) is 0 Å². The molecule has 0 N–H and O–H groups in total. The van der Waals surface area contributed by atoms with E-state index >= 15 is 0 Å². The van der Waals surface area contributed by atoms with Crippen LogP contribution in [0.3, 0.4) is 0 Å². The second-order valence-corrected chi connectivity index (χ2v) is 9.67. The Morgan fingerprint density at radius 3 is 2.00 bits per heavy atom. The summed E-state index contributed by atoms with van der Waals surface area (Å²) < 4.78 is 0. The summed E-state index contributed by atoms with van der Waals surface area (Å²) in [6.45, 7) is 13.6. The first kappa shape index (κ1) is 19.9. The molecule has 2 aromatic rings. The van der Waals surface area contributed by atoms with Crippen LogP contribution in [0.2, 0.25) is 0 Å². The molecular formula is C26H35N. The average molecular weight is 362 g/mol. The summed E-state index contributed by atoms with van der Waals surface area (Å²) in [5.41, 5.74) is 6.82. The van der Waals surface area contributed by atoms with Crippen LogP contribution in [0.5, 0.6) is 0 Å². The third-order valence-electron chi connectivity index (χ3n) is 5.55. The molecule has 1 atom stereocenters. The molecule has 0 bridgehead atoms. The van der Waals surface area contributed by atoms with Gasteiger partial charge in [-0.15, -0.1) is 0 Å². The maximum Gasteiger partial charge on any atom is 0.0629 e. The molecule has 2 aromatic carbocycles. The highest BCUT2D eigenvalue weighted by Crippen LogP contribution is 2.38. The third-order valence-corrected chi connectivity index (χ3v) is 5.55. The normalized spacial score (nSPS) is 16.6. The Hall–Kier alpha value is -1.89. The molecule has 1 aliphatic rings. The zero-order chi connectivity index (χ0) is 19.6. The van der Waals surface area contributed by atoms with Crippen molar-refractivity contribution >= 4 is 11.4 Å². The SMILES string of the molecule is CC(C)Cc1ccc(C(C)C(=Nc2ccc(C(C)(C)C)cc2)C2CC2)cc1. The molecule has 0 heterocycles. The van der Waals surface area contributed by atoms with Gasteiger partial charge >= 0.3 is 0 Å². The van der Waals surface area contributed by atoms with Crippen molar-refractivity contribution in [3.63, 3.8) is 0 Å². The molecule has 0 spiro atoms. The van der Waals surface area contributed by atoms with Gasteiger partial charge in [-0.3, -0.25) is 4.99 Å². The Bertz CT molecular complexity index is 768. The van der Waals surface area contributed by atoms with E-state index in [4.69, 9.17) is 4.99 Å². The van der Waals surface area contributed by atoms with E-state index in [0.29, 0.717) is 17.8 Å². The summed E-state index contributed by atoms with van der Waals surface area (Å²) in [5, 5.41) is 0. The van der Waals surface area contributed by atoms with Gasteiger partial charge in [-0.05, 0) is 65.3 Å². The maximum atomic E-state index is 5.11. The Morgan fingerprint density at radius 2 is 1.52 bits per heavy atom. The van der Waals surface area contributed by atoms with Crippen molar-refractivity contribution in [1.29, 1.82) is 0 Å². The number of rotatable bonds is 6. The molecule has 3 rings (SSSR count). The fourth-order valence-electron chi connectivity index (χ4n) is 3.69. The van der Waals surface area contributed by atoms with Gasteiger partial charge in [-0.1, -0.05) is 77.9 Å². The molecular weight excluding hydrogens is 326 g/mol. The summed E-state index contributed by atoms with van der Waals surface area (Å²) in [6, 6.07) is 18.0. The van der Waals surface area contributed by atoms with E-state index in [0.717, 1.165) is 12.1 Å². The van der Waals surface area contributed by atoms with Gasteiger partial charge in [0.05, 0.1) is 5.69 Å². The van der Waals surface area contributed by atoms with Crippen molar-refractivity contribution in [3.05, 3.63) is 65.2 Å². The first-order valence-corrected chi connectivity index (χ1v) is 10.5. The Morgan fingerprint density at radius 1 is 0.926 bits per heavy atom. The molecule has 1 aliphatic carbocycles. The molecule has 144 valence electrons. The fraction of sp³-hybridized carbons (Fsp3) is 0.500. The minimum absolute atomic E-state index is 0.187. The predicted molar refractivity (Wildman–Crippen MR) is 118 cm³/mol. The van der Waals surface area contributed by atoms with E-state index in [1.54, 1.807) is 0 Å². The first-order valence-electron chi connectivity index (χ1n) is 10.5. The monoisotopic (exact) mass is 361 g/mol. The zero-order valence-electron chi connectivity index (χ0n) is 17.9. The molecule has 1 heteroatoms. The smallest absolute Gasteiger partial charge is 0.0629 e. The molecule has 1 nitrogen and oxygen atoms in total. The lowest BCUT2D eigenvalue weighted by Crippen LogP contribution is -2.12. The van der Waals surface area contributed by atoms with Crippen LogP contribution in [0.25, 0.3) is 0 Å². The van der Waals surface area contributed by atoms with E-state index < -0.39 is 0 Å². The lowest BCUT2D eigenvalue weighted by molar-refractivity contribution is 0.590. The molecule has 1 saturated carbocycles.